The van der Waals surface area contributed by atoms with Gasteiger partial charge in [-0.05, 0) is 29.5 Å². The topological polar surface area (TPSA) is 24.9 Å². The van der Waals surface area contributed by atoms with Gasteiger partial charge in [0.15, 0.2) is 5.13 Å². The molecule has 1 atom stereocenters. The second-order valence-electron chi connectivity index (χ2n) is 5.78. The van der Waals surface area contributed by atoms with E-state index in [9.17, 15) is 0 Å². The minimum Gasteiger partial charge on any atom is -0.361 e. The standard InChI is InChI=1S/C14H19ClN2S/c1-9(14(2,3)4)8-16-13-17-11-6-5-10(15)7-12(11)18-13/h5-7,9H,8H2,1-4H3,(H,16,17). The van der Waals surface area contributed by atoms with Gasteiger partial charge in [0.25, 0.3) is 0 Å². The Morgan fingerprint density at radius 2 is 2.11 bits per heavy atom. The van der Waals surface area contributed by atoms with Crippen LogP contribution in [0.5, 0.6) is 0 Å². The number of halogens is 1. The lowest BCUT2D eigenvalue weighted by Gasteiger charge is -2.27. The normalized spacial score (nSPS) is 13.8. The third-order valence-electron chi connectivity index (χ3n) is 3.39. The van der Waals surface area contributed by atoms with Crippen LogP contribution in [0, 0.1) is 11.3 Å². The van der Waals surface area contributed by atoms with Crippen molar-refractivity contribution in [2.24, 2.45) is 11.3 Å². The summed E-state index contributed by atoms with van der Waals surface area (Å²) in [5.41, 5.74) is 1.32. The number of hydrogen-bond donors (Lipinski definition) is 1. The Morgan fingerprint density at radius 1 is 1.39 bits per heavy atom. The van der Waals surface area contributed by atoms with E-state index in [-0.39, 0.29) is 0 Å². The van der Waals surface area contributed by atoms with Gasteiger partial charge in [-0.1, -0.05) is 50.6 Å². The quantitative estimate of drug-likeness (QED) is 0.853. The van der Waals surface area contributed by atoms with Gasteiger partial charge < -0.3 is 5.32 Å². The molecule has 0 bridgehead atoms. The maximum absolute atomic E-state index is 5.97. The maximum Gasteiger partial charge on any atom is 0.183 e. The Balaban J connectivity index is 2.09. The lowest BCUT2D eigenvalue weighted by Crippen LogP contribution is -2.24. The Bertz CT molecular complexity index is 542. The van der Waals surface area contributed by atoms with Gasteiger partial charge in [0, 0.05) is 11.6 Å². The number of anilines is 1. The maximum atomic E-state index is 5.97. The Kier molecular flexibility index (Phi) is 3.83. The summed E-state index contributed by atoms with van der Waals surface area (Å²) in [5, 5.41) is 5.16. The first-order valence-corrected chi connectivity index (χ1v) is 7.35. The minimum absolute atomic E-state index is 0.312. The lowest BCUT2D eigenvalue weighted by molar-refractivity contribution is 0.274. The molecule has 1 heterocycles. The first kappa shape index (κ1) is 13.6. The third-order valence-corrected chi connectivity index (χ3v) is 4.60. The van der Waals surface area contributed by atoms with Crippen molar-refractivity contribution in [3.05, 3.63) is 23.2 Å². The molecule has 0 spiro atoms. The molecule has 0 saturated heterocycles. The summed E-state index contributed by atoms with van der Waals surface area (Å²) in [6, 6.07) is 5.81. The van der Waals surface area contributed by atoms with Crippen molar-refractivity contribution in [1.29, 1.82) is 0 Å². The molecule has 2 nitrogen and oxygen atoms in total. The van der Waals surface area contributed by atoms with Crippen LogP contribution in [-0.4, -0.2) is 11.5 Å². The van der Waals surface area contributed by atoms with Crippen molar-refractivity contribution in [2.45, 2.75) is 27.7 Å². The Labute approximate surface area is 117 Å². The van der Waals surface area contributed by atoms with Crippen LogP contribution in [0.1, 0.15) is 27.7 Å². The van der Waals surface area contributed by atoms with E-state index in [1.165, 1.54) is 0 Å². The number of aromatic nitrogens is 1. The number of hydrogen-bond acceptors (Lipinski definition) is 3. The van der Waals surface area contributed by atoms with Crippen LogP contribution in [0.4, 0.5) is 5.13 Å². The monoisotopic (exact) mass is 282 g/mol. The number of benzene rings is 1. The molecule has 1 unspecified atom stereocenters. The van der Waals surface area contributed by atoms with E-state index in [0.717, 1.165) is 26.9 Å². The molecule has 0 aliphatic heterocycles. The highest BCUT2D eigenvalue weighted by Crippen LogP contribution is 2.30. The molecule has 0 fully saturated rings. The van der Waals surface area contributed by atoms with Crippen molar-refractivity contribution >= 4 is 38.3 Å². The SMILES string of the molecule is CC(CNc1nc2ccc(Cl)cc2s1)C(C)(C)C. The molecule has 0 amide bonds. The summed E-state index contributed by atoms with van der Waals surface area (Å²) in [7, 11) is 0. The molecule has 2 rings (SSSR count). The Morgan fingerprint density at radius 3 is 2.78 bits per heavy atom. The number of fused-ring (bicyclic) bond motifs is 1. The summed E-state index contributed by atoms with van der Waals surface area (Å²) in [5.74, 6) is 0.591. The number of nitrogens with zero attached hydrogens (tertiary/aromatic N) is 1. The van der Waals surface area contributed by atoms with E-state index in [4.69, 9.17) is 11.6 Å². The van der Waals surface area contributed by atoms with E-state index in [2.05, 4.69) is 38.0 Å². The molecule has 0 aliphatic rings. The molecule has 2 aromatic rings. The van der Waals surface area contributed by atoms with E-state index in [1.807, 2.05) is 18.2 Å². The molecule has 0 saturated carbocycles. The van der Waals surface area contributed by atoms with Gasteiger partial charge in [-0.2, -0.15) is 0 Å². The Hall–Kier alpha value is -0.800. The highest BCUT2D eigenvalue weighted by atomic mass is 35.5. The van der Waals surface area contributed by atoms with Crippen molar-refractivity contribution in [1.82, 2.24) is 4.98 Å². The molecular weight excluding hydrogens is 264 g/mol. The summed E-state index contributed by atoms with van der Waals surface area (Å²) >= 11 is 7.63. The van der Waals surface area contributed by atoms with Crippen molar-refractivity contribution in [3.63, 3.8) is 0 Å². The first-order valence-electron chi connectivity index (χ1n) is 6.16. The second-order valence-corrected chi connectivity index (χ2v) is 7.25. The minimum atomic E-state index is 0.312. The molecular formula is C14H19ClN2S. The smallest absolute Gasteiger partial charge is 0.183 e. The lowest BCUT2D eigenvalue weighted by atomic mass is 9.82. The van der Waals surface area contributed by atoms with Gasteiger partial charge in [0.1, 0.15) is 0 Å². The summed E-state index contributed by atoms with van der Waals surface area (Å²) in [6.07, 6.45) is 0. The fourth-order valence-electron chi connectivity index (χ4n) is 1.52. The van der Waals surface area contributed by atoms with Crippen LogP contribution in [0.15, 0.2) is 18.2 Å². The molecule has 0 radical (unpaired) electrons. The fraction of sp³-hybridized carbons (Fsp3) is 0.500. The van der Waals surface area contributed by atoms with Gasteiger partial charge in [0.2, 0.25) is 0 Å². The molecule has 1 aromatic carbocycles. The zero-order chi connectivity index (χ0) is 13.3. The average molecular weight is 283 g/mol. The number of thiazole rings is 1. The van der Waals surface area contributed by atoms with E-state index in [1.54, 1.807) is 11.3 Å². The molecule has 18 heavy (non-hydrogen) atoms. The van der Waals surface area contributed by atoms with Gasteiger partial charge >= 0.3 is 0 Å². The van der Waals surface area contributed by atoms with Crippen molar-refractivity contribution < 1.29 is 0 Å². The van der Waals surface area contributed by atoms with Gasteiger partial charge in [-0.3, -0.25) is 0 Å². The largest absolute Gasteiger partial charge is 0.361 e. The summed E-state index contributed by atoms with van der Waals surface area (Å²) in [6.45, 7) is 9.99. The van der Waals surface area contributed by atoms with Crippen LogP contribution in [0.25, 0.3) is 10.2 Å². The van der Waals surface area contributed by atoms with Gasteiger partial charge in [-0.25, -0.2) is 4.98 Å². The summed E-state index contributed by atoms with van der Waals surface area (Å²) < 4.78 is 1.13. The average Bonchev–Trinajstić information content (AvgIpc) is 2.66. The van der Waals surface area contributed by atoms with Gasteiger partial charge in [-0.15, -0.1) is 0 Å². The van der Waals surface area contributed by atoms with Crippen LogP contribution in [0.2, 0.25) is 5.02 Å². The fourth-order valence-corrected chi connectivity index (χ4v) is 2.67. The van der Waals surface area contributed by atoms with Gasteiger partial charge in [0.05, 0.1) is 10.2 Å². The summed E-state index contributed by atoms with van der Waals surface area (Å²) in [4.78, 5) is 4.56. The molecule has 0 aliphatic carbocycles. The second kappa shape index (κ2) is 5.06. The predicted octanol–water partition coefficient (Wildman–Crippen LogP) is 5.04. The highest BCUT2D eigenvalue weighted by Gasteiger charge is 2.19. The molecule has 1 aromatic heterocycles. The number of nitrogens with one attached hydrogen (secondary N) is 1. The van der Waals surface area contributed by atoms with Crippen molar-refractivity contribution in [2.75, 3.05) is 11.9 Å². The zero-order valence-electron chi connectivity index (χ0n) is 11.2. The highest BCUT2D eigenvalue weighted by molar-refractivity contribution is 7.22. The number of rotatable bonds is 3. The van der Waals surface area contributed by atoms with Crippen LogP contribution < -0.4 is 5.32 Å². The third kappa shape index (κ3) is 3.15. The molecule has 4 heteroatoms. The first-order chi connectivity index (χ1) is 8.36. The van der Waals surface area contributed by atoms with Crippen LogP contribution >= 0.6 is 22.9 Å². The predicted molar refractivity (Wildman–Crippen MR) is 81.7 cm³/mol. The van der Waals surface area contributed by atoms with E-state index in [0.29, 0.717) is 11.3 Å². The van der Waals surface area contributed by atoms with E-state index < -0.39 is 0 Å². The van der Waals surface area contributed by atoms with Crippen molar-refractivity contribution in [3.8, 4) is 0 Å². The van der Waals surface area contributed by atoms with Crippen LogP contribution in [0.3, 0.4) is 0 Å². The van der Waals surface area contributed by atoms with E-state index >= 15 is 0 Å². The molecule has 1 N–H and O–H groups in total. The van der Waals surface area contributed by atoms with Crippen LogP contribution in [-0.2, 0) is 0 Å². The molecule has 98 valence electrons. The zero-order valence-corrected chi connectivity index (χ0v) is 12.8.